The molecular formula is C16H26O. The molecule has 2 unspecified atom stereocenters. The summed E-state index contributed by atoms with van der Waals surface area (Å²) in [5, 5.41) is 9.08. The van der Waals surface area contributed by atoms with Gasteiger partial charge in [0.05, 0.1) is 0 Å². The normalized spacial score (nSPS) is 26.6. The molecular weight excluding hydrogens is 208 g/mol. The summed E-state index contributed by atoms with van der Waals surface area (Å²) in [6.45, 7) is 0.354. The maximum atomic E-state index is 9.08. The second-order valence-electron chi connectivity index (χ2n) is 5.54. The van der Waals surface area contributed by atoms with Gasteiger partial charge in [0.15, 0.2) is 0 Å². The Labute approximate surface area is 106 Å². The predicted octanol–water partition coefficient (Wildman–Crippen LogP) is 4.23. The molecule has 2 aliphatic carbocycles. The van der Waals surface area contributed by atoms with E-state index in [1.165, 1.54) is 51.4 Å². The first-order chi connectivity index (χ1) is 8.42. The summed E-state index contributed by atoms with van der Waals surface area (Å²) in [4.78, 5) is 0. The minimum atomic E-state index is 0.354. The topological polar surface area (TPSA) is 20.2 Å². The Morgan fingerprint density at radius 1 is 1.24 bits per heavy atom. The van der Waals surface area contributed by atoms with Crippen molar-refractivity contribution in [3.05, 3.63) is 23.8 Å². The molecule has 1 nitrogen and oxygen atoms in total. The molecule has 0 radical (unpaired) electrons. The molecule has 96 valence electrons. The van der Waals surface area contributed by atoms with Crippen LogP contribution in [0.3, 0.4) is 0 Å². The van der Waals surface area contributed by atoms with Gasteiger partial charge in [-0.15, -0.1) is 0 Å². The van der Waals surface area contributed by atoms with E-state index in [4.69, 9.17) is 5.11 Å². The monoisotopic (exact) mass is 234 g/mol. The van der Waals surface area contributed by atoms with Crippen molar-refractivity contribution < 1.29 is 5.11 Å². The molecule has 0 aromatic heterocycles. The Kier molecular flexibility index (Phi) is 5.31. The fourth-order valence-electron chi connectivity index (χ4n) is 3.42. The zero-order valence-electron chi connectivity index (χ0n) is 10.9. The predicted molar refractivity (Wildman–Crippen MR) is 72.8 cm³/mol. The third kappa shape index (κ3) is 3.70. The van der Waals surface area contributed by atoms with Crippen LogP contribution in [-0.2, 0) is 0 Å². The number of hydrogen-bond acceptors (Lipinski definition) is 1. The third-order valence-electron chi connectivity index (χ3n) is 4.35. The maximum Gasteiger partial charge on any atom is 0.0431 e. The molecule has 0 amide bonds. The summed E-state index contributed by atoms with van der Waals surface area (Å²) in [5.41, 5.74) is 1.71. The molecule has 0 saturated heterocycles. The third-order valence-corrected chi connectivity index (χ3v) is 4.35. The van der Waals surface area contributed by atoms with E-state index >= 15 is 0 Å². The highest BCUT2D eigenvalue weighted by Gasteiger charge is 2.25. The molecule has 0 spiro atoms. The van der Waals surface area contributed by atoms with Crippen LogP contribution in [-0.4, -0.2) is 11.7 Å². The van der Waals surface area contributed by atoms with Gasteiger partial charge in [0.1, 0.15) is 0 Å². The van der Waals surface area contributed by atoms with E-state index in [9.17, 15) is 0 Å². The maximum absolute atomic E-state index is 9.08. The Morgan fingerprint density at radius 2 is 2.18 bits per heavy atom. The van der Waals surface area contributed by atoms with Gasteiger partial charge >= 0.3 is 0 Å². The van der Waals surface area contributed by atoms with Gasteiger partial charge in [-0.1, -0.05) is 23.8 Å². The molecule has 1 N–H and O–H groups in total. The quantitative estimate of drug-likeness (QED) is 0.706. The first-order valence-electron chi connectivity index (χ1n) is 7.36. The highest BCUT2D eigenvalue weighted by molar-refractivity contribution is 5.12. The van der Waals surface area contributed by atoms with Gasteiger partial charge in [0.2, 0.25) is 0 Å². The average molecular weight is 234 g/mol. The van der Waals surface area contributed by atoms with Crippen molar-refractivity contribution in [1.82, 2.24) is 0 Å². The lowest BCUT2D eigenvalue weighted by atomic mass is 9.74. The second-order valence-corrected chi connectivity index (χ2v) is 5.54. The molecule has 0 aromatic rings. The Bertz CT molecular complexity index is 277. The molecule has 0 saturated carbocycles. The van der Waals surface area contributed by atoms with Crippen LogP contribution in [0.4, 0.5) is 0 Å². The molecule has 1 heteroatoms. The van der Waals surface area contributed by atoms with E-state index in [-0.39, 0.29) is 0 Å². The van der Waals surface area contributed by atoms with Crippen LogP contribution in [0, 0.1) is 11.8 Å². The van der Waals surface area contributed by atoms with E-state index in [1.807, 2.05) is 0 Å². The van der Waals surface area contributed by atoms with Crippen molar-refractivity contribution in [2.75, 3.05) is 6.61 Å². The van der Waals surface area contributed by atoms with Gasteiger partial charge in [0, 0.05) is 6.61 Å². The van der Waals surface area contributed by atoms with Crippen LogP contribution in [0.2, 0.25) is 0 Å². The lowest BCUT2D eigenvalue weighted by Gasteiger charge is -2.32. The van der Waals surface area contributed by atoms with Crippen LogP contribution in [0.1, 0.15) is 57.8 Å². The van der Waals surface area contributed by atoms with Crippen molar-refractivity contribution in [2.24, 2.45) is 11.8 Å². The van der Waals surface area contributed by atoms with Gasteiger partial charge < -0.3 is 5.11 Å². The van der Waals surface area contributed by atoms with Crippen LogP contribution in [0.15, 0.2) is 23.8 Å². The van der Waals surface area contributed by atoms with Crippen molar-refractivity contribution in [3.63, 3.8) is 0 Å². The summed E-state index contributed by atoms with van der Waals surface area (Å²) in [5.74, 6) is 1.60. The molecule has 0 bridgehead atoms. The standard InChI is InChI=1S/C16H26O/c17-13-7-12-16(14-8-3-1-4-9-14)15-10-5-2-6-11-15/h1,3,10,14,16-17H,2,4-9,11-13H2. The van der Waals surface area contributed by atoms with Gasteiger partial charge in [-0.3, -0.25) is 0 Å². The molecule has 0 heterocycles. The number of allylic oxidation sites excluding steroid dienone is 4. The van der Waals surface area contributed by atoms with E-state index in [0.29, 0.717) is 6.61 Å². The Balaban J connectivity index is 2.00. The Morgan fingerprint density at radius 3 is 2.82 bits per heavy atom. The minimum absolute atomic E-state index is 0.354. The molecule has 2 aliphatic rings. The van der Waals surface area contributed by atoms with Crippen LogP contribution in [0.25, 0.3) is 0 Å². The van der Waals surface area contributed by atoms with Gasteiger partial charge in [-0.2, -0.15) is 0 Å². The summed E-state index contributed by atoms with van der Waals surface area (Å²) >= 11 is 0. The van der Waals surface area contributed by atoms with Gasteiger partial charge in [-0.25, -0.2) is 0 Å². The molecule has 2 rings (SSSR count). The zero-order chi connectivity index (χ0) is 11.9. The minimum Gasteiger partial charge on any atom is -0.396 e. The molecule has 2 atom stereocenters. The fraction of sp³-hybridized carbons (Fsp3) is 0.750. The lowest BCUT2D eigenvalue weighted by Crippen LogP contribution is -2.20. The van der Waals surface area contributed by atoms with Gasteiger partial charge in [-0.05, 0) is 69.6 Å². The van der Waals surface area contributed by atoms with Crippen LogP contribution >= 0.6 is 0 Å². The fourth-order valence-corrected chi connectivity index (χ4v) is 3.42. The SMILES string of the molecule is OCCCC(C1=CCCCC1)C1CC=CCC1. The first-order valence-corrected chi connectivity index (χ1v) is 7.36. The number of aliphatic hydroxyl groups is 1. The van der Waals surface area contributed by atoms with E-state index in [0.717, 1.165) is 18.3 Å². The van der Waals surface area contributed by atoms with Crippen molar-refractivity contribution in [2.45, 2.75) is 57.8 Å². The first kappa shape index (κ1) is 12.9. The van der Waals surface area contributed by atoms with Crippen molar-refractivity contribution in [3.8, 4) is 0 Å². The van der Waals surface area contributed by atoms with Crippen LogP contribution in [0.5, 0.6) is 0 Å². The molecule has 0 fully saturated rings. The van der Waals surface area contributed by atoms with Crippen LogP contribution < -0.4 is 0 Å². The lowest BCUT2D eigenvalue weighted by molar-refractivity contribution is 0.250. The van der Waals surface area contributed by atoms with E-state index < -0.39 is 0 Å². The van der Waals surface area contributed by atoms with E-state index in [1.54, 1.807) is 5.57 Å². The smallest absolute Gasteiger partial charge is 0.0431 e. The number of hydrogen-bond donors (Lipinski definition) is 1. The highest BCUT2D eigenvalue weighted by atomic mass is 16.2. The molecule has 0 aliphatic heterocycles. The largest absolute Gasteiger partial charge is 0.396 e. The van der Waals surface area contributed by atoms with Crippen molar-refractivity contribution in [1.29, 1.82) is 0 Å². The summed E-state index contributed by atoms with van der Waals surface area (Å²) in [6.07, 6.45) is 18.6. The Hall–Kier alpha value is -0.560. The number of aliphatic hydroxyl groups excluding tert-OH is 1. The van der Waals surface area contributed by atoms with Gasteiger partial charge in [0.25, 0.3) is 0 Å². The second kappa shape index (κ2) is 7.00. The molecule has 0 aromatic carbocycles. The average Bonchev–Trinajstić information content (AvgIpc) is 2.42. The summed E-state index contributed by atoms with van der Waals surface area (Å²) in [7, 11) is 0. The molecule has 17 heavy (non-hydrogen) atoms. The highest BCUT2D eigenvalue weighted by Crippen LogP contribution is 2.37. The number of rotatable bonds is 5. The van der Waals surface area contributed by atoms with E-state index in [2.05, 4.69) is 18.2 Å². The van der Waals surface area contributed by atoms with Crippen molar-refractivity contribution >= 4 is 0 Å². The summed E-state index contributed by atoms with van der Waals surface area (Å²) in [6, 6.07) is 0. The zero-order valence-corrected chi connectivity index (χ0v) is 10.9. The summed E-state index contributed by atoms with van der Waals surface area (Å²) < 4.78 is 0.